The zero-order valence-corrected chi connectivity index (χ0v) is 11.1. The van der Waals surface area contributed by atoms with Gasteiger partial charge in [0, 0.05) is 25.4 Å². The third-order valence-corrected chi connectivity index (χ3v) is 2.53. The van der Waals surface area contributed by atoms with E-state index < -0.39 is 0 Å². The zero-order valence-electron chi connectivity index (χ0n) is 10.3. The molecular weight excluding hydrogens is 238 g/mol. The monoisotopic (exact) mass is 255 g/mol. The molecule has 0 unspecified atom stereocenters. The van der Waals surface area contributed by atoms with E-state index >= 15 is 0 Å². The number of nitrogens with one attached hydrogen (secondary N) is 1. The summed E-state index contributed by atoms with van der Waals surface area (Å²) in [7, 11) is 1.94. The lowest BCUT2D eigenvalue weighted by Gasteiger charge is -2.12. The van der Waals surface area contributed by atoms with E-state index in [9.17, 15) is 0 Å². The van der Waals surface area contributed by atoms with E-state index in [0.29, 0.717) is 6.04 Å². The van der Waals surface area contributed by atoms with Gasteiger partial charge in [-0.05, 0) is 19.9 Å². The number of aromatic nitrogens is 4. The average molecular weight is 256 g/mol. The summed E-state index contributed by atoms with van der Waals surface area (Å²) in [5.41, 5.74) is 1.15. The second kappa shape index (κ2) is 5.72. The molecule has 2 rings (SSSR count). The molecule has 0 fully saturated rings. The SMILES string of the molecule is CC(C)n1nccc1NCc1ccnn1C.Cl. The molecule has 0 bridgehead atoms. The van der Waals surface area contributed by atoms with Crippen molar-refractivity contribution in [2.75, 3.05) is 5.32 Å². The van der Waals surface area contributed by atoms with Crippen LogP contribution in [-0.2, 0) is 13.6 Å². The lowest BCUT2D eigenvalue weighted by molar-refractivity contribution is 0.537. The standard InChI is InChI=1S/C11H17N5.ClH/c1-9(2)16-11(5-7-14-16)12-8-10-4-6-13-15(10)3;/h4-7,9,12H,8H2,1-3H3;1H. The number of rotatable bonds is 4. The van der Waals surface area contributed by atoms with Crippen molar-refractivity contribution in [2.24, 2.45) is 7.05 Å². The van der Waals surface area contributed by atoms with Crippen LogP contribution in [0.1, 0.15) is 25.6 Å². The predicted molar refractivity (Wildman–Crippen MR) is 70.4 cm³/mol. The fourth-order valence-electron chi connectivity index (χ4n) is 1.62. The molecule has 6 heteroatoms. The Morgan fingerprint density at radius 2 is 1.94 bits per heavy atom. The number of nitrogens with zero attached hydrogens (tertiary/aromatic N) is 4. The molecule has 0 radical (unpaired) electrons. The highest BCUT2D eigenvalue weighted by Crippen LogP contribution is 2.13. The van der Waals surface area contributed by atoms with Crippen molar-refractivity contribution in [1.82, 2.24) is 19.6 Å². The van der Waals surface area contributed by atoms with Gasteiger partial charge in [-0.2, -0.15) is 10.2 Å². The van der Waals surface area contributed by atoms with Crippen LogP contribution in [0.25, 0.3) is 0 Å². The number of aryl methyl sites for hydroxylation is 1. The average Bonchev–Trinajstić information content (AvgIpc) is 2.83. The van der Waals surface area contributed by atoms with Crippen molar-refractivity contribution in [1.29, 1.82) is 0 Å². The van der Waals surface area contributed by atoms with E-state index in [-0.39, 0.29) is 12.4 Å². The van der Waals surface area contributed by atoms with Crippen LogP contribution in [0.15, 0.2) is 24.5 Å². The first-order chi connectivity index (χ1) is 7.68. The van der Waals surface area contributed by atoms with Gasteiger partial charge in [0.2, 0.25) is 0 Å². The fourth-order valence-corrected chi connectivity index (χ4v) is 1.62. The van der Waals surface area contributed by atoms with E-state index in [1.807, 2.05) is 34.7 Å². The first-order valence-electron chi connectivity index (χ1n) is 5.42. The van der Waals surface area contributed by atoms with E-state index in [0.717, 1.165) is 18.1 Å². The quantitative estimate of drug-likeness (QED) is 0.912. The molecule has 1 N–H and O–H groups in total. The lowest BCUT2D eigenvalue weighted by atomic mass is 10.4. The summed E-state index contributed by atoms with van der Waals surface area (Å²) in [6.45, 7) is 4.99. The summed E-state index contributed by atoms with van der Waals surface area (Å²) >= 11 is 0. The van der Waals surface area contributed by atoms with E-state index in [2.05, 4.69) is 29.4 Å². The predicted octanol–water partition coefficient (Wildman–Crippen LogP) is 2.23. The largest absolute Gasteiger partial charge is 0.365 e. The first-order valence-corrected chi connectivity index (χ1v) is 5.42. The molecule has 0 aliphatic heterocycles. The second-order valence-corrected chi connectivity index (χ2v) is 4.05. The minimum Gasteiger partial charge on any atom is -0.365 e. The van der Waals surface area contributed by atoms with Gasteiger partial charge in [-0.25, -0.2) is 4.68 Å². The van der Waals surface area contributed by atoms with Gasteiger partial charge in [0.05, 0.1) is 18.4 Å². The summed E-state index contributed by atoms with van der Waals surface area (Å²) in [6, 6.07) is 4.35. The number of hydrogen-bond donors (Lipinski definition) is 1. The molecule has 0 aliphatic rings. The van der Waals surface area contributed by atoms with Gasteiger partial charge in [-0.3, -0.25) is 4.68 Å². The van der Waals surface area contributed by atoms with E-state index in [4.69, 9.17) is 0 Å². The highest BCUT2D eigenvalue weighted by molar-refractivity contribution is 5.85. The van der Waals surface area contributed by atoms with Crippen LogP contribution >= 0.6 is 12.4 Å². The van der Waals surface area contributed by atoms with Crippen LogP contribution in [0.3, 0.4) is 0 Å². The van der Waals surface area contributed by atoms with Crippen molar-refractivity contribution in [3.8, 4) is 0 Å². The molecule has 0 aromatic carbocycles. The Hall–Kier alpha value is -1.49. The first kappa shape index (κ1) is 13.6. The molecule has 0 saturated heterocycles. The Labute approximate surface area is 107 Å². The van der Waals surface area contributed by atoms with Gasteiger partial charge >= 0.3 is 0 Å². The Morgan fingerprint density at radius 1 is 1.24 bits per heavy atom. The third-order valence-electron chi connectivity index (χ3n) is 2.53. The summed E-state index contributed by atoms with van der Waals surface area (Å²) in [5.74, 6) is 1.04. The van der Waals surface area contributed by atoms with E-state index in [1.54, 1.807) is 6.20 Å². The number of halogens is 1. The van der Waals surface area contributed by atoms with Crippen LogP contribution in [0, 0.1) is 0 Å². The van der Waals surface area contributed by atoms with Crippen molar-refractivity contribution in [2.45, 2.75) is 26.4 Å². The molecule has 2 heterocycles. The minimum atomic E-state index is 0. The molecular formula is C11H18ClN5. The van der Waals surface area contributed by atoms with Gasteiger partial charge in [0.25, 0.3) is 0 Å². The maximum Gasteiger partial charge on any atom is 0.124 e. The molecule has 0 aliphatic carbocycles. The molecule has 0 spiro atoms. The maximum atomic E-state index is 4.27. The molecule has 0 amide bonds. The molecule has 0 saturated carbocycles. The Bertz CT molecular complexity index is 460. The van der Waals surface area contributed by atoms with Crippen LogP contribution in [0.2, 0.25) is 0 Å². The summed E-state index contributed by atoms with van der Waals surface area (Å²) in [6.07, 6.45) is 3.61. The molecule has 17 heavy (non-hydrogen) atoms. The Morgan fingerprint density at radius 3 is 2.53 bits per heavy atom. The fraction of sp³-hybridized carbons (Fsp3) is 0.455. The minimum absolute atomic E-state index is 0. The van der Waals surface area contributed by atoms with Crippen molar-refractivity contribution in [3.63, 3.8) is 0 Å². The van der Waals surface area contributed by atoms with Gasteiger partial charge in [0.1, 0.15) is 5.82 Å². The van der Waals surface area contributed by atoms with Crippen LogP contribution in [0.4, 0.5) is 5.82 Å². The van der Waals surface area contributed by atoms with Crippen molar-refractivity contribution >= 4 is 18.2 Å². The number of hydrogen-bond acceptors (Lipinski definition) is 3. The number of anilines is 1. The molecule has 94 valence electrons. The molecule has 5 nitrogen and oxygen atoms in total. The smallest absolute Gasteiger partial charge is 0.124 e. The molecule has 2 aromatic heterocycles. The molecule has 2 aromatic rings. The zero-order chi connectivity index (χ0) is 11.5. The third kappa shape index (κ3) is 3.00. The van der Waals surface area contributed by atoms with Crippen molar-refractivity contribution < 1.29 is 0 Å². The van der Waals surface area contributed by atoms with Crippen molar-refractivity contribution in [3.05, 3.63) is 30.2 Å². The van der Waals surface area contributed by atoms with Crippen LogP contribution in [0.5, 0.6) is 0 Å². The topological polar surface area (TPSA) is 47.7 Å². The van der Waals surface area contributed by atoms with Gasteiger partial charge in [-0.15, -0.1) is 12.4 Å². The van der Waals surface area contributed by atoms with E-state index in [1.165, 1.54) is 0 Å². The highest BCUT2D eigenvalue weighted by atomic mass is 35.5. The highest BCUT2D eigenvalue weighted by Gasteiger charge is 2.05. The maximum absolute atomic E-state index is 4.27. The van der Waals surface area contributed by atoms with Gasteiger partial charge in [0.15, 0.2) is 0 Å². The Kier molecular flexibility index (Phi) is 4.57. The second-order valence-electron chi connectivity index (χ2n) is 4.05. The Balaban J connectivity index is 0.00000144. The molecule has 0 atom stereocenters. The normalized spacial score (nSPS) is 10.4. The summed E-state index contributed by atoms with van der Waals surface area (Å²) < 4.78 is 3.83. The van der Waals surface area contributed by atoms with Crippen LogP contribution < -0.4 is 5.32 Å². The summed E-state index contributed by atoms with van der Waals surface area (Å²) in [4.78, 5) is 0. The lowest BCUT2D eigenvalue weighted by Crippen LogP contribution is -2.11. The summed E-state index contributed by atoms with van der Waals surface area (Å²) in [5, 5.41) is 11.8. The van der Waals surface area contributed by atoms with Gasteiger partial charge < -0.3 is 5.32 Å². The van der Waals surface area contributed by atoms with Gasteiger partial charge in [-0.1, -0.05) is 0 Å². The van der Waals surface area contributed by atoms with Crippen LogP contribution in [-0.4, -0.2) is 19.6 Å².